The molecule has 1 fully saturated rings. The van der Waals surface area contributed by atoms with Gasteiger partial charge in [-0.2, -0.15) is 4.31 Å². The number of nitrogens with zero attached hydrogens (tertiary/aromatic N) is 2. The van der Waals surface area contributed by atoms with Crippen molar-refractivity contribution in [2.45, 2.75) is 36.6 Å². The summed E-state index contributed by atoms with van der Waals surface area (Å²) < 4.78 is 26.1. The van der Waals surface area contributed by atoms with Crippen molar-refractivity contribution >= 4 is 16.0 Å². The van der Waals surface area contributed by atoms with E-state index in [-0.39, 0.29) is 11.4 Å². The van der Waals surface area contributed by atoms with Crippen molar-refractivity contribution in [2.75, 3.05) is 6.54 Å². The van der Waals surface area contributed by atoms with E-state index in [2.05, 4.69) is 4.98 Å². The molecule has 2 rings (SSSR count). The van der Waals surface area contributed by atoms with Crippen molar-refractivity contribution in [3.63, 3.8) is 0 Å². The van der Waals surface area contributed by atoms with Crippen LogP contribution < -0.4 is 0 Å². The molecule has 104 valence electrons. The lowest BCUT2D eigenvalue weighted by Crippen LogP contribution is -2.44. The van der Waals surface area contributed by atoms with Gasteiger partial charge in [0.05, 0.1) is 0 Å². The van der Waals surface area contributed by atoms with Crippen LogP contribution in [-0.2, 0) is 14.8 Å². The van der Waals surface area contributed by atoms with Crippen LogP contribution in [0.15, 0.2) is 29.4 Å². The molecule has 0 aromatic carbocycles. The largest absolute Gasteiger partial charge is 0.480 e. The smallest absolute Gasteiger partial charge is 0.322 e. The molecule has 2 heterocycles. The third-order valence-electron chi connectivity index (χ3n) is 3.23. The van der Waals surface area contributed by atoms with Crippen LogP contribution in [0.4, 0.5) is 0 Å². The maximum atomic E-state index is 12.5. The first-order chi connectivity index (χ1) is 9.03. The van der Waals surface area contributed by atoms with E-state index in [4.69, 9.17) is 0 Å². The number of pyridine rings is 1. The molecule has 7 heteroatoms. The zero-order valence-corrected chi connectivity index (χ0v) is 11.2. The third-order valence-corrected chi connectivity index (χ3v) is 5.12. The monoisotopic (exact) mass is 284 g/mol. The zero-order chi connectivity index (χ0) is 13.9. The second-order valence-corrected chi connectivity index (χ2v) is 6.40. The average molecular weight is 284 g/mol. The molecule has 1 N–H and O–H groups in total. The molecule has 6 nitrogen and oxygen atoms in total. The average Bonchev–Trinajstić information content (AvgIpc) is 2.65. The Bertz CT molecular complexity index is 544. The lowest BCUT2D eigenvalue weighted by molar-refractivity contribution is -0.141. The second kappa shape index (κ2) is 5.66. The number of carboxylic acids is 1. The number of carbonyl (C=O) groups is 1. The topological polar surface area (TPSA) is 87.6 Å². The van der Waals surface area contributed by atoms with Crippen LogP contribution in [0.25, 0.3) is 0 Å². The first-order valence-corrected chi connectivity index (χ1v) is 7.62. The van der Waals surface area contributed by atoms with E-state index >= 15 is 0 Å². The van der Waals surface area contributed by atoms with Crippen molar-refractivity contribution in [3.05, 3.63) is 24.5 Å². The van der Waals surface area contributed by atoms with Gasteiger partial charge in [0.15, 0.2) is 0 Å². The lowest BCUT2D eigenvalue weighted by atomic mass is 10.1. The minimum absolute atomic E-state index is 0.0446. The number of sulfonamides is 1. The summed E-state index contributed by atoms with van der Waals surface area (Å²) in [5.41, 5.74) is 0. The molecule has 0 saturated carbocycles. The Morgan fingerprint density at radius 3 is 2.79 bits per heavy atom. The van der Waals surface area contributed by atoms with Gasteiger partial charge < -0.3 is 5.11 Å². The highest BCUT2D eigenvalue weighted by Gasteiger charge is 2.36. The zero-order valence-electron chi connectivity index (χ0n) is 10.4. The molecule has 1 saturated heterocycles. The Morgan fingerprint density at radius 1 is 1.37 bits per heavy atom. The molecule has 1 aliphatic heterocycles. The molecule has 1 aliphatic rings. The van der Waals surface area contributed by atoms with Gasteiger partial charge in [0.25, 0.3) is 0 Å². The summed E-state index contributed by atoms with van der Waals surface area (Å²) in [6, 6.07) is 1.99. The molecule has 0 spiro atoms. The molecule has 1 atom stereocenters. The van der Waals surface area contributed by atoms with Crippen molar-refractivity contribution < 1.29 is 18.3 Å². The normalized spacial score (nSPS) is 21.8. The highest BCUT2D eigenvalue weighted by Crippen LogP contribution is 2.24. The summed E-state index contributed by atoms with van der Waals surface area (Å²) >= 11 is 0. The van der Waals surface area contributed by atoms with Gasteiger partial charge in [-0.25, -0.2) is 8.42 Å². The predicted molar refractivity (Wildman–Crippen MR) is 68.0 cm³/mol. The minimum Gasteiger partial charge on any atom is -0.480 e. The molecule has 1 aromatic rings. The van der Waals surface area contributed by atoms with E-state index < -0.39 is 22.0 Å². The van der Waals surface area contributed by atoms with Gasteiger partial charge in [0.2, 0.25) is 10.0 Å². The number of carboxylic acid groups (broad SMARTS) is 1. The van der Waals surface area contributed by atoms with E-state index in [0.717, 1.165) is 17.1 Å². The van der Waals surface area contributed by atoms with Crippen molar-refractivity contribution in [1.29, 1.82) is 0 Å². The van der Waals surface area contributed by atoms with E-state index in [1.807, 2.05) is 0 Å². The van der Waals surface area contributed by atoms with Crippen LogP contribution >= 0.6 is 0 Å². The molecule has 0 bridgehead atoms. The van der Waals surface area contributed by atoms with Crippen LogP contribution in [0, 0.1) is 0 Å². The minimum atomic E-state index is -3.79. The molecule has 0 amide bonds. The van der Waals surface area contributed by atoms with Crippen LogP contribution in [0.1, 0.15) is 25.7 Å². The van der Waals surface area contributed by atoms with E-state index in [9.17, 15) is 18.3 Å². The Hall–Kier alpha value is -1.47. The SMILES string of the molecule is O=C(O)C1CCCCCN1S(=O)(=O)c1cccnc1. The quantitative estimate of drug-likeness (QED) is 0.898. The maximum Gasteiger partial charge on any atom is 0.322 e. The number of hydrogen-bond acceptors (Lipinski definition) is 4. The molecular weight excluding hydrogens is 268 g/mol. The van der Waals surface area contributed by atoms with Gasteiger partial charge in [-0.15, -0.1) is 0 Å². The Morgan fingerprint density at radius 2 is 2.16 bits per heavy atom. The summed E-state index contributed by atoms with van der Waals surface area (Å²) in [6.45, 7) is 0.244. The fraction of sp³-hybridized carbons (Fsp3) is 0.500. The summed E-state index contributed by atoms with van der Waals surface area (Å²) in [4.78, 5) is 15.1. The van der Waals surface area contributed by atoms with Crippen LogP contribution in [0.5, 0.6) is 0 Å². The van der Waals surface area contributed by atoms with Crippen molar-refractivity contribution in [1.82, 2.24) is 9.29 Å². The molecule has 1 aromatic heterocycles. The fourth-order valence-corrected chi connectivity index (χ4v) is 3.87. The number of aromatic nitrogens is 1. The number of rotatable bonds is 3. The van der Waals surface area contributed by atoms with Crippen LogP contribution in [0.3, 0.4) is 0 Å². The lowest BCUT2D eigenvalue weighted by Gasteiger charge is -2.25. The first-order valence-electron chi connectivity index (χ1n) is 6.18. The molecule has 0 aliphatic carbocycles. The summed E-state index contributed by atoms with van der Waals surface area (Å²) in [7, 11) is -3.79. The third kappa shape index (κ3) is 2.93. The fourth-order valence-electron chi connectivity index (χ4n) is 2.25. The van der Waals surface area contributed by atoms with Crippen molar-refractivity contribution in [3.8, 4) is 0 Å². The maximum absolute atomic E-state index is 12.5. The van der Waals surface area contributed by atoms with Crippen molar-refractivity contribution in [2.24, 2.45) is 0 Å². The summed E-state index contributed by atoms with van der Waals surface area (Å²) in [5, 5.41) is 9.22. The molecule has 19 heavy (non-hydrogen) atoms. The Kier molecular flexibility index (Phi) is 4.16. The second-order valence-electron chi connectivity index (χ2n) is 4.51. The van der Waals surface area contributed by atoms with Gasteiger partial charge in [-0.05, 0) is 25.0 Å². The molecule has 0 radical (unpaired) electrons. The van der Waals surface area contributed by atoms with Gasteiger partial charge in [0.1, 0.15) is 10.9 Å². The van der Waals surface area contributed by atoms with Gasteiger partial charge >= 0.3 is 5.97 Å². The Balaban J connectivity index is 2.38. The molecular formula is C12H16N2O4S. The van der Waals surface area contributed by atoms with E-state index in [1.165, 1.54) is 24.5 Å². The standard InChI is InChI=1S/C12H16N2O4S/c15-12(16)11-6-2-1-3-8-14(11)19(17,18)10-5-4-7-13-9-10/h4-5,7,9,11H,1-3,6,8H2,(H,15,16). The summed E-state index contributed by atoms with van der Waals surface area (Å²) in [6.07, 6.45) is 5.35. The number of aliphatic carboxylic acids is 1. The highest BCUT2D eigenvalue weighted by molar-refractivity contribution is 7.89. The van der Waals surface area contributed by atoms with Gasteiger partial charge in [-0.3, -0.25) is 9.78 Å². The molecule has 1 unspecified atom stereocenters. The van der Waals surface area contributed by atoms with Gasteiger partial charge in [0, 0.05) is 18.9 Å². The predicted octanol–water partition coefficient (Wildman–Crippen LogP) is 1.10. The Labute approximate surface area is 112 Å². The van der Waals surface area contributed by atoms with Crippen LogP contribution in [0.2, 0.25) is 0 Å². The highest BCUT2D eigenvalue weighted by atomic mass is 32.2. The van der Waals surface area contributed by atoms with Gasteiger partial charge in [-0.1, -0.05) is 12.8 Å². The van der Waals surface area contributed by atoms with E-state index in [0.29, 0.717) is 12.8 Å². The first kappa shape index (κ1) is 14.0. The van der Waals surface area contributed by atoms with E-state index in [1.54, 1.807) is 0 Å². The summed E-state index contributed by atoms with van der Waals surface area (Å²) in [5.74, 6) is -1.09. The van der Waals surface area contributed by atoms with Crippen LogP contribution in [-0.4, -0.2) is 41.4 Å². The number of hydrogen-bond donors (Lipinski definition) is 1.